The van der Waals surface area contributed by atoms with Gasteiger partial charge in [0, 0.05) is 51.9 Å². The lowest BCUT2D eigenvalue weighted by Crippen LogP contribution is -2.53. The first-order chi connectivity index (χ1) is 13.2. The van der Waals surface area contributed by atoms with Gasteiger partial charge in [0.05, 0.1) is 25.4 Å². The summed E-state index contributed by atoms with van der Waals surface area (Å²) in [6.45, 7) is 13.2. The Kier molecular flexibility index (Phi) is 9.60. The van der Waals surface area contributed by atoms with Crippen molar-refractivity contribution in [1.29, 1.82) is 0 Å². The van der Waals surface area contributed by atoms with Gasteiger partial charge in [-0.2, -0.15) is 0 Å². The summed E-state index contributed by atoms with van der Waals surface area (Å²) in [5.74, 6) is 1.35. The van der Waals surface area contributed by atoms with Crippen molar-refractivity contribution in [2.45, 2.75) is 19.9 Å². The number of anilines is 1. The first-order valence-electron chi connectivity index (χ1n) is 10.1. The van der Waals surface area contributed by atoms with Crippen molar-refractivity contribution < 1.29 is 9.84 Å². The lowest BCUT2D eigenvalue weighted by atomic mass is 10.2. The highest BCUT2D eigenvalue weighted by Gasteiger charge is 2.22. The van der Waals surface area contributed by atoms with Crippen LogP contribution in [-0.2, 0) is 4.74 Å². The molecule has 2 N–H and O–H groups in total. The van der Waals surface area contributed by atoms with Crippen molar-refractivity contribution in [2.75, 3.05) is 70.5 Å². The van der Waals surface area contributed by atoms with E-state index < -0.39 is 0 Å². The number of nitrogens with zero attached hydrogens (tertiary/aromatic N) is 4. The van der Waals surface area contributed by atoms with Crippen molar-refractivity contribution in [3.63, 3.8) is 0 Å². The zero-order valence-electron chi connectivity index (χ0n) is 17.0. The van der Waals surface area contributed by atoms with Crippen LogP contribution >= 0.6 is 24.0 Å². The first-order valence-corrected chi connectivity index (χ1v) is 10.1. The maximum atomic E-state index is 10.1. The smallest absolute Gasteiger partial charge is 0.194 e. The fourth-order valence-corrected chi connectivity index (χ4v) is 3.67. The number of aromatic hydroxyl groups is 1. The number of morpholine rings is 1. The quantitative estimate of drug-likeness (QED) is 0.363. The van der Waals surface area contributed by atoms with E-state index in [1.165, 1.54) is 0 Å². The molecule has 2 aliphatic heterocycles. The van der Waals surface area contributed by atoms with Gasteiger partial charge in [0.1, 0.15) is 5.75 Å². The number of phenols is 1. The van der Waals surface area contributed by atoms with Crippen molar-refractivity contribution in [3.05, 3.63) is 24.3 Å². The number of benzene rings is 1. The Morgan fingerprint density at radius 3 is 2.46 bits per heavy atom. The topological polar surface area (TPSA) is 63.6 Å². The molecule has 28 heavy (non-hydrogen) atoms. The van der Waals surface area contributed by atoms with Crippen molar-refractivity contribution in [1.82, 2.24) is 15.1 Å². The molecule has 158 valence electrons. The minimum Gasteiger partial charge on any atom is -0.506 e. The fourth-order valence-electron chi connectivity index (χ4n) is 3.67. The number of rotatable bonds is 5. The number of nitrogens with one attached hydrogen (secondary N) is 1. The monoisotopic (exact) mass is 503 g/mol. The first kappa shape index (κ1) is 23.0. The molecule has 1 unspecified atom stereocenters. The number of halogens is 1. The number of hydrogen-bond donors (Lipinski definition) is 2. The third kappa shape index (κ3) is 6.12. The van der Waals surface area contributed by atoms with Gasteiger partial charge in [-0.25, -0.2) is 0 Å². The summed E-state index contributed by atoms with van der Waals surface area (Å²) in [6.07, 6.45) is 0. The summed E-state index contributed by atoms with van der Waals surface area (Å²) in [5.41, 5.74) is 0.917. The number of ether oxygens (including phenoxy) is 1. The molecule has 0 aromatic heterocycles. The van der Waals surface area contributed by atoms with Crippen LogP contribution in [0.5, 0.6) is 5.75 Å². The molecule has 1 aromatic carbocycles. The molecule has 2 aliphatic rings. The largest absolute Gasteiger partial charge is 0.506 e. The number of aliphatic imine (C=N–C) groups is 1. The number of guanidine groups is 1. The van der Waals surface area contributed by atoms with Crippen LogP contribution in [0.1, 0.15) is 13.8 Å². The third-order valence-electron chi connectivity index (χ3n) is 5.31. The van der Waals surface area contributed by atoms with E-state index in [2.05, 4.69) is 33.9 Å². The SMILES string of the molecule is CCNC(=NCC(C)N1CCOCC1)N1CCN(c2ccccc2O)CC1.I. The summed E-state index contributed by atoms with van der Waals surface area (Å²) >= 11 is 0. The van der Waals surface area contributed by atoms with Gasteiger partial charge < -0.3 is 25.0 Å². The Balaban J connectivity index is 0.00000280. The predicted molar refractivity (Wildman–Crippen MR) is 125 cm³/mol. The summed E-state index contributed by atoms with van der Waals surface area (Å²) in [6, 6.07) is 7.99. The Morgan fingerprint density at radius 2 is 1.82 bits per heavy atom. The second-order valence-electron chi connectivity index (χ2n) is 7.15. The Hall–Kier alpha value is -1.26. The number of para-hydroxylation sites is 2. The van der Waals surface area contributed by atoms with Crippen LogP contribution in [-0.4, -0.2) is 92.5 Å². The maximum absolute atomic E-state index is 10.1. The van der Waals surface area contributed by atoms with Gasteiger partial charge in [0.15, 0.2) is 5.96 Å². The molecule has 0 radical (unpaired) electrons. The molecule has 2 fully saturated rings. The van der Waals surface area contributed by atoms with E-state index in [0.29, 0.717) is 11.8 Å². The van der Waals surface area contributed by atoms with Crippen molar-refractivity contribution in [3.8, 4) is 5.75 Å². The average molecular weight is 503 g/mol. The highest BCUT2D eigenvalue weighted by atomic mass is 127. The van der Waals surface area contributed by atoms with Gasteiger partial charge in [-0.1, -0.05) is 12.1 Å². The Bertz CT molecular complexity index is 616. The predicted octanol–water partition coefficient (Wildman–Crippen LogP) is 1.82. The summed E-state index contributed by atoms with van der Waals surface area (Å²) in [5, 5.41) is 13.5. The van der Waals surface area contributed by atoms with E-state index in [0.717, 1.165) is 77.2 Å². The molecular weight excluding hydrogens is 469 g/mol. The van der Waals surface area contributed by atoms with E-state index in [4.69, 9.17) is 9.73 Å². The van der Waals surface area contributed by atoms with Gasteiger partial charge in [0.25, 0.3) is 0 Å². The molecule has 1 atom stereocenters. The van der Waals surface area contributed by atoms with Crippen molar-refractivity contribution >= 4 is 35.6 Å². The molecule has 1 aromatic rings. The lowest BCUT2D eigenvalue weighted by molar-refractivity contribution is 0.0220. The molecule has 7 nitrogen and oxygen atoms in total. The van der Waals surface area contributed by atoms with Crippen LogP contribution in [0.3, 0.4) is 0 Å². The molecule has 8 heteroatoms. The molecule has 0 aliphatic carbocycles. The normalized spacial score (nSPS) is 19.9. The number of hydrogen-bond acceptors (Lipinski definition) is 5. The van der Waals surface area contributed by atoms with E-state index in [1.54, 1.807) is 6.07 Å². The maximum Gasteiger partial charge on any atom is 0.194 e. The minimum absolute atomic E-state index is 0. The van der Waals surface area contributed by atoms with Gasteiger partial charge in [0.2, 0.25) is 0 Å². The zero-order valence-corrected chi connectivity index (χ0v) is 19.3. The van der Waals surface area contributed by atoms with Crippen LogP contribution in [0.25, 0.3) is 0 Å². The van der Waals surface area contributed by atoms with Crippen LogP contribution < -0.4 is 10.2 Å². The second-order valence-corrected chi connectivity index (χ2v) is 7.15. The molecule has 2 heterocycles. The highest BCUT2D eigenvalue weighted by Crippen LogP contribution is 2.27. The van der Waals surface area contributed by atoms with E-state index >= 15 is 0 Å². The summed E-state index contributed by atoms with van der Waals surface area (Å²) in [7, 11) is 0. The number of piperazine rings is 1. The Morgan fingerprint density at radius 1 is 1.14 bits per heavy atom. The minimum atomic E-state index is 0. The van der Waals surface area contributed by atoms with Gasteiger partial charge in [-0.05, 0) is 26.0 Å². The van der Waals surface area contributed by atoms with Crippen LogP contribution in [0.4, 0.5) is 5.69 Å². The highest BCUT2D eigenvalue weighted by molar-refractivity contribution is 14.0. The fraction of sp³-hybridized carbons (Fsp3) is 0.650. The number of phenolic OH excluding ortho intramolecular Hbond substituents is 1. The third-order valence-corrected chi connectivity index (χ3v) is 5.31. The molecule has 0 saturated carbocycles. The second kappa shape index (κ2) is 11.7. The average Bonchev–Trinajstić information content (AvgIpc) is 2.72. The summed E-state index contributed by atoms with van der Waals surface area (Å²) < 4.78 is 5.44. The molecular formula is C20H34IN5O2. The van der Waals surface area contributed by atoms with E-state index in [-0.39, 0.29) is 24.0 Å². The lowest BCUT2D eigenvalue weighted by Gasteiger charge is -2.38. The van der Waals surface area contributed by atoms with Gasteiger partial charge in [-0.3, -0.25) is 9.89 Å². The molecule has 0 amide bonds. The van der Waals surface area contributed by atoms with E-state index in [9.17, 15) is 5.11 Å². The Labute approximate surface area is 185 Å². The molecule has 3 rings (SSSR count). The van der Waals surface area contributed by atoms with Crippen LogP contribution in [0.15, 0.2) is 29.3 Å². The van der Waals surface area contributed by atoms with Crippen LogP contribution in [0.2, 0.25) is 0 Å². The zero-order chi connectivity index (χ0) is 19.1. The van der Waals surface area contributed by atoms with Crippen LogP contribution in [0, 0.1) is 0 Å². The van der Waals surface area contributed by atoms with Crippen molar-refractivity contribution in [2.24, 2.45) is 4.99 Å². The molecule has 0 bridgehead atoms. The van der Waals surface area contributed by atoms with Gasteiger partial charge in [-0.15, -0.1) is 24.0 Å². The van der Waals surface area contributed by atoms with Gasteiger partial charge >= 0.3 is 0 Å². The van der Waals surface area contributed by atoms with E-state index in [1.807, 2.05) is 18.2 Å². The summed E-state index contributed by atoms with van der Waals surface area (Å²) in [4.78, 5) is 11.9. The standard InChI is InChI=1S/C20H33N5O2.HI/c1-3-21-20(22-16-17(2)23-12-14-27-15-13-23)25-10-8-24(9-11-25)18-6-4-5-7-19(18)26;/h4-7,17,26H,3,8-16H2,1-2H3,(H,21,22);1H. The molecule has 2 saturated heterocycles. The molecule has 0 spiro atoms.